The lowest BCUT2D eigenvalue weighted by Gasteiger charge is -2.31. The van der Waals surface area contributed by atoms with Gasteiger partial charge in [-0.25, -0.2) is 8.42 Å². The minimum atomic E-state index is -3.11. The van der Waals surface area contributed by atoms with Crippen LogP contribution < -0.4 is 4.74 Å². The molecule has 2 atom stereocenters. The van der Waals surface area contributed by atoms with E-state index in [0.29, 0.717) is 23.7 Å². The Morgan fingerprint density at radius 2 is 1.93 bits per heavy atom. The Balaban J connectivity index is 1.82. The molecule has 1 aromatic carbocycles. The summed E-state index contributed by atoms with van der Waals surface area (Å²) in [4.78, 5) is 16.1. The first-order chi connectivity index (χ1) is 13.6. The number of carbonyl (C=O) groups excluding carboxylic acids is 1. The van der Waals surface area contributed by atoms with Gasteiger partial charge in [0, 0.05) is 15.9 Å². The van der Waals surface area contributed by atoms with E-state index in [-0.39, 0.29) is 23.5 Å². The number of aryl methyl sites for hydroxylation is 3. The van der Waals surface area contributed by atoms with E-state index in [4.69, 9.17) is 16.3 Å². The van der Waals surface area contributed by atoms with Crippen molar-refractivity contribution in [2.24, 2.45) is 0 Å². The number of hydrogen-bond donors (Lipinski definition) is 0. The van der Waals surface area contributed by atoms with Crippen molar-refractivity contribution in [1.29, 1.82) is 0 Å². The number of hydrogen-bond acceptors (Lipinski definition) is 5. The minimum Gasteiger partial charge on any atom is -0.481 e. The molecule has 1 aliphatic heterocycles. The summed E-state index contributed by atoms with van der Waals surface area (Å²) in [5, 5.41) is 2.67. The number of sulfone groups is 1. The van der Waals surface area contributed by atoms with Crippen LogP contribution in [-0.2, 0) is 21.2 Å². The highest BCUT2D eigenvalue weighted by Gasteiger charge is 2.37. The van der Waals surface area contributed by atoms with E-state index >= 15 is 0 Å². The normalized spacial score (nSPS) is 19.1. The molecule has 1 aliphatic rings. The molecule has 0 bridgehead atoms. The Kier molecular flexibility index (Phi) is 6.61. The van der Waals surface area contributed by atoms with Crippen molar-refractivity contribution in [3.63, 3.8) is 0 Å². The van der Waals surface area contributed by atoms with Gasteiger partial charge in [0.05, 0.1) is 18.1 Å². The molecule has 2 aromatic rings. The number of ether oxygens (including phenoxy) is 1. The molecule has 2 heterocycles. The molecule has 8 heteroatoms. The van der Waals surface area contributed by atoms with Gasteiger partial charge < -0.3 is 9.64 Å². The predicted octanol–water partition coefficient (Wildman–Crippen LogP) is 4.31. The molecule has 3 rings (SSSR count). The summed E-state index contributed by atoms with van der Waals surface area (Å²) in [6.45, 7) is 7.89. The van der Waals surface area contributed by atoms with Gasteiger partial charge in [-0.2, -0.15) is 0 Å². The van der Waals surface area contributed by atoms with Crippen molar-refractivity contribution >= 4 is 38.7 Å². The Labute approximate surface area is 181 Å². The summed E-state index contributed by atoms with van der Waals surface area (Å²) in [5.74, 6) is 0.506. The zero-order valence-corrected chi connectivity index (χ0v) is 19.5. The summed E-state index contributed by atoms with van der Waals surface area (Å²) in [6, 6.07) is 5.31. The third kappa shape index (κ3) is 5.13. The van der Waals surface area contributed by atoms with Crippen molar-refractivity contribution in [3.8, 4) is 5.75 Å². The van der Waals surface area contributed by atoms with Crippen LogP contribution in [0.15, 0.2) is 23.6 Å². The van der Waals surface area contributed by atoms with Gasteiger partial charge >= 0.3 is 0 Å². The summed E-state index contributed by atoms with van der Waals surface area (Å²) in [7, 11) is -3.11. The molecule has 29 heavy (non-hydrogen) atoms. The van der Waals surface area contributed by atoms with Crippen molar-refractivity contribution in [2.75, 3.05) is 11.5 Å². The molecule has 1 amide bonds. The molecule has 158 valence electrons. The van der Waals surface area contributed by atoms with Crippen molar-refractivity contribution in [2.45, 2.75) is 52.8 Å². The first-order valence-corrected chi connectivity index (χ1v) is 12.6. The molecule has 1 fully saturated rings. The van der Waals surface area contributed by atoms with E-state index in [1.807, 2.05) is 44.4 Å². The Hall–Kier alpha value is -1.57. The van der Waals surface area contributed by atoms with Gasteiger partial charge in [0.2, 0.25) is 0 Å². The zero-order chi connectivity index (χ0) is 21.3. The van der Waals surface area contributed by atoms with Crippen molar-refractivity contribution in [1.82, 2.24) is 4.90 Å². The highest BCUT2D eigenvalue weighted by molar-refractivity contribution is 7.91. The number of benzene rings is 1. The third-order valence-electron chi connectivity index (χ3n) is 5.28. The summed E-state index contributed by atoms with van der Waals surface area (Å²) < 4.78 is 30.0. The van der Waals surface area contributed by atoms with E-state index in [2.05, 4.69) is 0 Å². The second kappa shape index (κ2) is 8.66. The highest BCUT2D eigenvalue weighted by Crippen LogP contribution is 2.28. The molecular weight excluding hydrogens is 430 g/mol. The molecule has 0 saturated carbocycles. The van der Waals surface area contributed by atoms with Crippen LogP contribution in [0, 0.1) is 20.8 Å². The van der Waals surface area contributed by atoms with E-state index in [1.165, 1.54) is 0 Å². The number of rotatable bonds is 6. The lowest BCUT2D eigenvalue weighted by molar-refractivity contribution is -0.140. The monoisotopic (exact) mass is 455 g/mol. The standard InChI is InChI=1S/C21H26ClNO4S2/c1-13-5-7-28-19(13)11-23(17-6-8-29(25,26)12-17)21(24)16(4)27-18-9-14(2)20(22)15(3)10-18/h5,7,9-10,16-17H,6,8,11-12H2,1-4H3/t16-,17-/m1/s1. The van der Waals surface area contributed by atoms with Crippen LogP contribution in [-0.4, -0.2) is 42.9 Å². The lowest BCUT2D eigenvalue weighted by Crippen LogP contribution is -2.46. The third-order valence-corrected chi connectivity index (χ3v) is 8.64. The van der Waals surface area contributed by atoms with E-state index in [1.54, 1.807) is 23.2 Å². The number of nitrogens with zero attached hydrogens (tertiary/aromatic N) is 1. The second-order valence-corrected chi connectivity index (χ2v) is 11.3. The summed E-state index contributed by atoms with van der Waals surface area (Å²) in [6.07, 6.45) is -0.275. The molecular formula is C21H26ClNO4S2. The first kappa shape index (κ1) is 22.1. The fourth-order valence-electron chi connectivity index (χ4n) is 3.59. The van der Waals surface area contributed by atoms with Crippen LogP contribution in [0.5, 0.6) is 5.75 Å². The molecule has 0 spiro atoms. The quantitative estimate of drug-likeness (QED) is 0.651. The average molecular weight is 456 g/mol. The fraction of sp³-hybridized carbons (Fsp3) is 0.476. The number of amides is 1. The van der Waals surface area contributed by atoms with Crippen LogP contribution in [0.4, 0.5) is 0 Å². The maximum atomic E-state index is 13.3. The van der Waals surface area contributed by atoms with Gasteiger partial charge in [-0.05, 0) is 74.4 Å². The first-order valence-electron chi connectivity index (χ1n) is 9.54. The molecule has 0 radical (unpaired) electrons. The average Bonchev–Trinajstić information content (AvgIpc) is 3.21. The molecule has 1 saturated heterocycles. The Morgan fingerprint density at radius 3 is 2.45 bits per heavy atom. The van der Waals surface area contributed by atoms with Gasteiger partial charge in [0.1, 0.15) is 5.75 Å². The second-order valence-electron chi connectivity index (χ2n) is 7.68. The molecule has 0 aliphatic carbocycles. The lowest BCUT2D eigenvalue weighted by atomic mass is 10.1. The molecule has 0 unspecified atom stereocenters. The number of thiophene rings is 1. The summed E-state index contributed by atoms with van der Waals surface area (Å²) >= 11 is 7.80. The van der Waals surface area contributed by atoms with Crippen LogP contribution in [0.2, 0.25) is 5.02 Å². The molecule has 1 aromatic heterocycles. The fourth-order valence-corrected chi connectivity index (χ4v) is 6.34. The van der Waals surface area contributed by atoms with E-state index in [0.717, 1.165) is 21.6 Å². The largest absolute Gasteiger partial charge is 0.481 e. The van der Waals surface area contributed by atoms with E-state index < -0.39 is 15.9 Å². The minimum absolute atomic E-state index is 0.00897. The van der Waals surface area contributed by atoms with Gasteiger partial charge in [-0.15, -0.1) is 11.3 Å². The Bertz CT molecular complexity index is 992. The maximum Gasteiger partial charge on any atom is 0.263 e. The van der Waals surface area contributed by atoms with Crippen LogP contribution >= 0.6 is 22.9 Å². The zero-order valence-electron chi connectivity index (χ0n) is 17.1. The van der Waals surface area contributed by atoms with Gasteiger partial charge in [0.25, 0.3) is 5.91 Å². The smallest absolute Gasteiger partial charge is 0.263 e. The maximum absolute atomic E-state index is 13.3. The van der Waals surface area contributed by atoms with Gasteiger partial charge in [0.15, 0.2) is 15.9 Å². The molecule has 5 nitrogen and oxygen atoms in total. The summed E-state index contributed by atoms with van der Waals surface area (Å²) in [5.41, 5.74) is 2.87. The predicted molar refractivity (Wildman–Crippen MR) is 118 cm³/mol. The molecule has 0 N–H and O–H groups in total. The van der Waals surface area contributed by atoms with Gasteiger partial charge in [-0.1, -0.05) is 11.6 Å². The van der Waals surface area contributed by atoms with Crippen molar-refractivity contribution < 1.29 is 17.9 Å². The van der Waals surface area contributed by atoms with Crippen LogP contribution in [0.1, 0.15) is 34.9 Å². The van der Waals surface area contributed by atoms with Crippen LogP contribution in [0.3, 0.4) is 0 Å². The number of carbonyl (C=O) groups is 1. The topological polar surface area (TPSA) is 63.7 Å². The number of halogens is 1. The SMILES string of the molecule is Cc1ccsc1CN(C(=O)[C@@H](C)Oc1cc(C)c(Cl)c(C)c1)[C@@H]1CCS(=O)(=O)C1. The highest BCUT2D eigenvalue weighted by atomic mass is 35.5. The van der Waals surface area contributed by atoms with Crippen molar-refractivity contribution in [3.05, 3.63) is 50.2 Å². The Morgan fingerprint density at radius 1 is 1.28 bits per heavy atom. The van der Waals surface area contributed by atoms with Crippen LogP contribution in [0.25, 0.3) is 0 Å². The van der Waals surface area contributed by atoms with Gasteiger partial charge in [-0.3, -0.25) is 4.79 Å². The van der Waals surface area contributed by atoms with E-state index in [9.17, 15) is 13.2 Å².